The fourth-order valence-electron chi connectivity index (χ4n) is 2.47. The zero-order chi connectivity index (χ0) is 12.5. The lowest BCUT2D eigenvalue weighted by Gasteiger charge is -2.13. The Morgan fingerprint density at radius 3 is 3.11 bits per heavy atom. The highest BCUT2D eigenvalue weighted by Gasteiger charge is 2.19. The number of aliphatic hydroxyl groups is 1. The van der Waals surface area contributed by atoms with Crippen LogP contribution in [0.15, 0.2) is 18.2 Å². The van der Waals surface area contributed by atoms with Crippen LogP contribution in [0.5, 0.6) is 0 Å². The van der Waals surface area contributed by atoms with Crippen LogP contribution in [0.4, 0.5) is 0 Å². The topological polar surface area (TPSA) is 47.3 Å². The first kappa shape index (κ1) is 12.0. The predicted octanol–water partition coefficient (Wildman–Crippen LogP) is 2.36. The van der Waals surface area contributed by atoms with Gasteiger partial charge in [0.25, 0.3) is 0 Å². The van der Waals surface area contributed by atoms with Crippen molar-refractivity contribution in [1.82, 2.24) is 9.55 Å². The fourth-order valence-corrected chi connectivity index (χ4v) is 2.64. The lowest BCUT2D eigenvalue weighted by Crippen LogP contribution is -2.16. The Labute approximate surface area is 110 Å². The molecule has 96 valence electrons. The molecular weight excluding hydrogens is 252 g/mol. The monoisotopic (exact) mass is 266 g/mol. The van der Waals surface area contributed by atoms with E-state index in [1.165, 1.54) is 0 Å². The van der Waals surface area contributed by atoms with E-state index >= 15 is 0 Å². The molecule has 0 amide bonds. The number of aliphatic hydroxyl groups excluding tert-OH is 1. The van der Waals surface area contributed by atoms with E-state index in [1.807, 2.05) is 22.8 Å². The van der Waals surface area contributed by atoms with Crippen LogP contribution in [0.2, 0.25) is 5.02 Å². The third-order valence-electron chi connectivity index (χ3n) is 3.34. The predicted molar refractivity (Wildman–Crippen MR) is 69.6 cm³/mol. The molecule has 0 spiro atoms. The van der Waals surface area contributed by atoms with E-state index in [4.69, 9.17) is 16.3 Å². The fraction of sp³-hybridized carbons (Fsp3) is 0.462. The molecular formula is C13H15ClN2O2. The quantitative estimate of drug-likeness (QED) is 0.928. The van der Waals surface area contributed by atoms with Gasteiger partial charge in [0.05, 0.1) is 23.7 Å². The van der Waals surface area contributed by atoms with Gasteiger partial charge in [-0.1, -0.05) is 11.6 Å². The van der Waals surface area contributed by atoms with Gasteiger partial charge >= 0.3 is 0 Å². The van der Waals surface area contributed by atoms with Gasteiger partial charge in [0, 0.05) is 11.6 Å². The number of ether oxygens (including phenoxy) is 1. The zero-order valence-corrected chi connectivity index (χ0v) is 10.7. The number of halogens is 1. The van der Waals surface area contributed by atoms with Crippen molar-refractivity contribution in [2.45, 2.75) is 32.1 Å². The molecule has 1 fully saturated rings. The second-order valence-electron chi connectivity index (χ2n) is 4.56. The normalized spacial score (nSPS) is 19.8. The maximum Gasteiger partial charge on any atom is 0.135 e. The van der Waals surface area contributed by atoms with E-state index in [2.05, 4.69) is 4.98 Å². The van der Waals surface area contributed by atoms with Crippen LogP contribution in [-0.4, -0.2) is 27.4 Å². The highest BCUT2D eigenvalue weighted by molar-refractivity contribution is 6.31. The minimum atomic E-state index is -0.0704. The number of benzene rings is 1. The second kappa shape index (κ2) is 4.88. The molecule has 1 unspecified atom stereocenters. The van der Waals surface area contributed by atoms with Crippen molar-refractivity contribution in [1.29, 1.82) is 0 Å². The molecule has 1 aliphatic rings. The lowest BCUT2D eigenvalue weighted by molar-refractivity contribution is 0.0960. The highest BCUT2D eigenvalue weighted by atomic mass is 35.5. The van der Waals surface area contributed by atoms with E-state index < -0.39 is 0 Å². The van der Waals surface area contributed by atoms with Crippen LogP contribution in [0.3, 0.4) is 0 Å². The first-order valence-corrected chi connectivity index (χ1v) is 6.53. The van der Waals surface area contributed by atoms with Crippen molar-refractivity contribution in [3.63, 3.8) is 0 Å². The van der Waals surface area contributed by atoms with Gasteiger partial charge in [-0.15, -0.1) is 0 Å². The molecule has 1 saturated heterocycles. The van der Waals surface area contributed by atoms with Gasteiger partial charge in [-0.25, -0.2) is 4.98 Å². The van der Waals surface area contributed by atoms with Crippen LogP contribution >= 0.6 is 11.6 Å². The second-order valence-corrected chi connectivity index (χ2v) is 5.00. The van der Waals surface area contributed by atoms with Crippen molar-refractivity contribution < 1.29 is 9.84 Å². The van der Waals surface area contributed by atoms with Crippen molar-refractivity contribution in [2.75, 3.05) is 6.61 Å². The van der Waals surface area contributed by atoms with Crippen LogP contribution in [0, 0.1) is 0 Å². The molecule has 5 heteroatoms. The summed E-state index contributed by atoms with van der Waals surface area (Å²) >= 11 is 5.96. The average Bonchev–Trinajstić information content (AvgIpc) is 2.97. The molecule has 0 radical (unpaired) electrons. The van der Waals surface area contributed by atoms with Gasteiger partial charge in [0.15, 0.2) is 0 Å². The van der Waals surface area contributed by atoms with Gasteiger partial charge in [-0.05, 0) is 31.0 Å². The number of aromatic nitrogens is 2. The summed E-state index contributed by atoms with van der Waals surface area (Å²) in [5.41, 5.74) is 1.82. The molecule has 1 aromatic heterocycles. The Balaban J connectivity index is 2.01. The summed E-state index contributed by atoms with van der Waals surface area (Å²) in [4.78, 5) is 4.41. The molecule has 2 heterocycles. The molecule has 2 aromatic rings. The minimum Gasteiger partial charge on any atom is -0.388 e. The Morgan fingerprint density at radius 2 is 2.39 bits per heavy atom. The molecule has 3 rings (SSSR count). The molecule has 0 bridgehead atoms. The zero-order valence-electron chi connectivity index (χ0n) is 9.97. The summed E-state index contributed by atoms with van der Waals surface area (Å²) in [6, 6.07) is 5.61. The Bertz CT molecular complexity index is 561. The smallest absolute Gasteiger partial charge is 0.135 e. The maximum absolute atomic E-state index is 9.41. The maximum atomic E-state index is 9.41. The summed E-state index contributed by atoms with van der Waals surface area (Å²) in [5, 5.41) is 10.1. The standard InChI is InChI=1S/C13H15ClN2O2/c14-9-3-4-12-11(6-9)15-13(8-17)16(12)7-10-2-1-5-18-10/h3-4,6,10,17H,1-2,5,7-8H2. The minimum absolute atomic E-state index is 0.0704. The largest absolute Gasteiger partial charge is 0.388 e. The Hall–Kier alpha value is -1.10. The molecule has 18 heavy (non-hydrogen) atoms. The third-order valence-corrected chi connectivity index (χ3v) is 3.58. The Kier molecular flexibility index (Phi) is 3.24. The Morgan fingerprint density at radius 1 is 1.50 bits per heavy atom. The number of rotatable bonds is 3. The first-order valence-electron chi connectivity index (χ1n) is 6.15. The van der Waals surface area contributed by atoms with Crippen molar-refractivity contribution in [3.05, 3.63) is 29.0 Å². The molecule has 1 aromatic carbocycles. The van der Waals surface area contributed by atoms with Gasteiger partial charge in [0.1, 0.15) is 12.4 Å². The highest BCUT2D eigenvalue weighted by Crippen LogP contribution is 2.23. The van der Waals surface area contributed by atoms with E-state index in [1.54, 1.807) is 0 Å². The molecule has 4 nitrogen and oxygen atoms in total. The first-order chi connectivity index (χ1) is 8.78. The summed E-state index contributed by atoms with van der Waals surface area (Å²) in [6.07, 6.45) is 2.40. The number of fused-ring (bicyclic) bond motifs is 1. The summed E-state index contributed by atoms with van der Waals surface area (Å²) in [7, 11) is 0. The lowest BCUT2D eigenvalue weighted by atomic mass is 10.2. The van der Waals surface area contributed by atoms with Gasteiger partial charge in [-0.2, -0.15) is 0 Å². The average molecular weight is 267 g/mol. The van der Waals surface area contributed by atoms with Gasteiger partial charge in [-0.3, -0.25) is 0 Å². The molecule has 0 saturated carbocycles. The van der Waals surface area contributed by atoms with Crippen LogP contribution < -0.4 is 0 Å². The van der Waals surface area contributed by atoms with Crippen LogP contribution in [0.25, 0.3) is 11.0 Å². The molecule has 0 aliphatic carbocycles. The van der Waals surface area contributed by atoms with Crippen molar-refractivity contribution in [3.8, 4) is 0 Å². The summed E-state index contributed by atoms with van der Waals surface area (Å²) in [5.74, 6) is 0.669. The van der Waals surface area contributed by atoms with Gasteiger partial charge < -0.3 is 14.4 Å². The van der Waals surface area contributed by atoms with E-state index in [0.29, 0.717) is 10.8 Å². The van der Waals surface area contributed by atoms with Crippen molar-refractivity contribution in [2.24, 2.45) is 0 Å². The van der Waals surface area contributed by atoms with Gasteiger partial charge in [0.2, 0.25) is 0 Å². The van der Waals surface area contributed by atoms with E-state index in [-0.39, 0.29) is 12.7 Å². The van der Waals surface area contributed by atoms with E-state index in [9.17, 15) is 5.11 Å². The molecule has 1 aliphatic heterocycles. The van der Waals surface area contributed by atoms with Crippen molar-refractivity contribution >= 4 is 22.6 Å². The molecule has 1 atom stereocenters. The summed E-state index contributed by atoms with van der Waals surface area (Å²) in [6.45, 7) is 1.50. The third kappa shape index (κ3) is 2.11. The van der Waals surface area contributed by atoms with Crippen LogP contribution in [0.1, 0.15) is 18.7 Å². The van der Waals surface area contributed by atoms with Crippen LogP contribution in [-0.2, 0) is 17.9 Å². The number of hydrogen-bond acceptors (Lipinski definition) is 3. The SMILES string of the molecule is OCc1nc2cc(Cl)ccc2n1CC1CCCO1. The molecule has 1 N–H and O–H groups in total. The number of hydrogen-bond donors (Lipinski definition) is 1. The number of imidazole rings is 1. The number of nitrogens with zero attached hydrogens (tertiary/aromatic N) is 2. The van der Waals surface area contributed by atoms with E-state index in [0.717, 1.165) is 37.0 Å². The summed E-state index contributed by atoms with van der Waals surface area (Å²) < 4.78 is 7.67.